The van der Waals surface area contributed by atoms with E-state index in [1.807, 2.05) is 13.8 Å². The van der Waals surface area contributed by atoms with E-state index in [9.17, 15) is 4.79 Å². The molecule has 0 unspecified atom stereocenters. The lowest BCUT2D eigenvalue weighted by Gasteiger charge is -2.28. The van der Waals surface area contributed by atoms with Crippen molar-refractivity contribution in [3.8, 4) is 0 Å². The molecule has 0 aliphatic carbocycles. The Hall–Kier alpha value is -1.25. The lowest BCUT2D eigenvalue weighted by atomic mass is 9.96. The predicted octanol–water partition coefficient (Wildman–Crippen LogP) is 5.90. The van der Waals surface area contributed by atoms with Gasteiger partial charge in [0.05, 0.1) is 0 Å². The number of rotatable bonds is 9. The van der Waals surface area contributed by atoms with Crippen LogP contribution in [0.5, 0.6) is 0 Å². The van der Waals surface area contributed by atoms with Crippen molar-refractivity contribution in [1.29, 1.82) is 0 Å². The van der Waals surface area contributed by atoms with Gasteiger partial charge < -0.3 is 9.47 Å². The second kappa shape index (κ2) is 10.5. The molecule has 0 aromatic rings. The molecular formula is C19H34O3. The van der Waals surface area contributed by atoms with E-state index >= 15 is 0 Å². The fourth-order valence-corrected chi connectivity index (χ4v) is 2.25. The van der Waals surface area contributed by atoms with E-state index in [1.165, 1.54) is 0 Å². The maximum atomic E-state index is 12.0. The van der Waals surface area contributed by atoms with E-state index in [0.717, 1.165) is 12.8 Å². The van der Waals surface area contributed by atoms with E-state index in [4.69, 9.17) is 9.47 Å². The van der Waals surface area contributed by atoms with E-state index in [2.05, 4.69) is 58.9 Å². The summed E-state index contributed by atoms with van der Waals surface area (Å²) in [6.07, 6.45) is 10.4. The molecule has 0 heterocycles. The highest BCUT2D eigenvalue weighted by Crippen LogP contribution is 2.21. The van der Waals surface area contributed by atoms with Gasteiger partial charge in [0, 0.05) is 6.42 Å². The van der Waals surface area contributed by atoms with Crippen LogP contribution in [0.1, 0.15) is 67.7 Å². The van der Waals surface area contributed by atoms with E-state index in [-0.39, 0.29) is 17.9 Å². The SMILES string of the molecule is CC/C=C\C/C=C\CC(C)(C)OC(=O)OC(C(C)C)C(C)C. The summed E-state index contributed by atoms with van der Waals surface area (Å²) in [5, 5.41) is 0. The Bertz CT molecular complexity index is 357. The van der Waals surface area contributed by atoms with Gasteiger partial charge in [-0.05, 0) is 38.5 Å². The average Bonchev–Trinajstić information content (AvgIpc) is 2.38. The van der Waals surface area contributed by atoms with Gasteiger partial charge in [-0.15, -0.1) is 0 Å². The smallest absolute Gasteiger partial charge is 0.430 e. The van der Waals surface area contributed by atoms with Crippen LogP contribution < -0.4 is 0 Å². The minimum absolute atomic E-state index is 0.113. The first-order valence-corrected chi connectivity index (χ1v) is 8.39. The van der Waals surface area contributed by atoms with Crippen LogP contribution >= 0.6 is 0 Å². The number of ether oxygens (including phenoxy) is 2. The lowest BCUT2D eigenvalue weighted by molar-refractivity contribution is -0.0525. The summed E-state index contributed by atoms with van der Waals surface area (Å²) in [5.74, 6) is 0.557. The summed E-state index contributed by atoms with van der Waals surface area (Å²) in [6, 6.07) is 0. The van der Waals surface area contributed by atoms with Crippen LogP contribution in [0.15, 0.2) is 24.3 Å². The Labute approximate surface area is 136 Å². The van der Waals surface area contributed by atoms with Crippen molar-refractivity contribution in [2.45, 2.75) is 79.4 Å². The summed E-state index contributed by atoms with van der Waals surface area (Å²) in [6.45, 7) is 14.1. The first-order valence-electron chi connectivity index (χ1n) is 8.39. The summed E-state index contributed by atoms with van der Waals surface area (Å²) in [5.41, 5.74) is -0.555. The molecule has 0 amide bonds. The van der Waals surface area contributed by atoms with Gasteiger partial charge in [0.25, 0.3) is 0 Å². The van der Waals surface area contributed by atoms with Gasteiger partial charge in [-0.1, -0.05) is 58.9 Å². The second-order valence-corrected chi connectivity index (χ2v) is 6.97. The van der Waals surface area contributed by atoms with Crippen molar-refractivity contribution in [1.82, 2.24) is 0 Å². The first-order chi connectivity index (χ1) is 10.2. The molecule has 0 aromatic carbocycles. The maximum Gasteiger partial charge on any atom is 0.509 e. The van der Waals surface area contributed by atoms with Crippen LogP contribution in [0.3, 0.4) is 0 Å². The molecule has 0 saturated heterocycles. The molecule has 0 saturated carbocycles. The molecule has 0 aliphatic heterocycles. The quantitative estimate of drug-likeness (QED) is 0.393. The predicted molar refractivity (Wildman–Crippen MR) is 92.9 cm³/mol. The zero-order chi connectivity index (χ0) is 17.2. The van der Waals surface area contributed by atoms with Crippen molar-refractivity contribution in [2.75, 3.05) is 0 Å². The zero-order valence-corrected chi connectivity index (χ0v) is 15.4. The fraction of sp³-hybridized carbons (Fsp3) is 0.737. The van der Waals surface area contributed by atoms with Gasteiger partial charge in [-0.2, -0.15) is 0 Å². The number of hydrogen-bond donors (Lipinski definition) is 0. The lowest BCUT2D eigenvalue weighted by Crippen LogP contribution is -2.34. The third-order valence-electron chi connectivity index (χ3n) is 3.36. The highest BCUT2D eigenvalue weighted by atomic mass is 16.7. The molecule has 128 valence electrons. The average molecular weight is 310 g/mol. The van der Waals surface area contributed by atoms with Gasteiger partial charge in [-0.3, -0.25) is 0 Å². The summed E-state index contributed by atoms with van der Waals surface area (Å²) in [7, 11) is 0. The number of hydrogen-bond acceptors (Lipinski definition) is 3. The van der Waals surface area contributed by atoms with Crippen molar-refractivity contribution < 1.29 is 14.3 Å². The summed E-state index contributed by atoms with van der Waals surface area (Å²) >= 11 is 0. The first kappa shape index (κ1) is 20.8. The Morgan fingerprint density at radius 1 is 1.00 bits per heavy atom. The molecule has 22 heavy (non-hydrogen) atoms. The van der Waals surface area contributed by atoms with Crippen molar-refractivity contribution in [3.63, 3.8) is 0 Å². The monoisotopic (exact) mass is 310 g/mol. The standard InChI is InChI=1S/C19H34O3/c1-8-9-10-11-12-13-14-19(6,7)22-18(20)21-17(15(2)3)16(4)5/h9-10,12-13,15-17H,8,11,14H2,1-7H3/b10-9-,13-12-. The van der Waals surface area contributed by atoms with Gasteiger partial charge in [0.1, 0.15) is 11.7 Å². The van der Waals surface area contributed by atoms with E-state index in [0.29, 0.717) is 6.42 Å². The van der Waals surface area contributed by atoms with Crippen LogP contribution in [0.2, 0.25) is 0 Å². The largest absolute Gasteiger partial charge is 0.509 e. The molecule has 0 spiro atoms. The van der Waals surface area contributed by atoms with Crippen LogP contribution in [-0.4, -0.2) is 17.9 Å². The molecule has 0 bridgehead atoms. The Morgan fingerprint density at radius 2 is 1.55 bits per heavy atom. The third-order valence-corrected chi connectivity index (χ3v) is 3.36. The number of allylic oxidation sites excluding steroid dienone is 3. The van der Waals surface area contributed by atoms with Crippen molar-refractivity contribution in [3.05, 3.63) is 24.3 Å². The molecule has 0 aliphatic rings. The molecule has 0 atom stereocenters. The van der Waals surface area contributed by atoms with Crippen molar-refractivity contribution in [2.24, 2.45) is 11.8 Å². The van der Waals surface area contributed by atoms with Crippen LogP contribution in [0.25, 0.3) is 0 Å². The summed E-state index contributed by atoms with van der Waals surface area (Å²) < 4.78 is 10.9. The van der Waals surface area contributed by atoms with E-state index in [1.54, 1.807) is 0 Å². The minimum Gasteiger partial charge on any atom is -0.430 e. The Morgan fingerprint density at radius 3 is 2.05 bits per heavy atom. The Kier molecular flexibility index (Phi) is 9.88. The maximum absolute atomic E-state index is 12.0. The Balaban J connectivity index is 4.33. The normalized spacial score (nSPS) is 13.0. The molecule has 0 fully saturated rings. The van der Waals surface area contributed by atoms with Crippen molar-refractivity contribution >= 4 is 6.16 Å². The highest BCUT2D eigenvalue weighted by Gasteiger charge is 2.27. The molecule has 0 aromatic heterocycles. The van der Waals surface area contributed by atoms with Crippen LogP contribution in [0.4, 0.5) is 4.79 Å². The second-order valence-electron chi connectivity index (χ2n) is 6.97. The minimum atomic E-state index is -0.573. The van der Waals surface area contributed by atoms with Crippen LogP contribution in [-0.2, 0) is 9.47 Å². The molecule has 3 heteroatoms. The fourth-order valence-electron chi connectivity index (χ4n) is 2.25. The zero-order valence-electron chi connectivity index (χ0n) is 15.4. The van der Waals surface area contributed by atoms with Gasteiger partial charge in [-0.25, -0.2) is 4.79 Å². The highest BCUT2D eigenvalue weighted by molar-refractivity contribution is 5.60. The van der Waals surface area contributed by atoms with Gasteiger partial charge >= 0.3 is 6.16 Å². The van der Waals surface area contributed by atoms with Gasteiger partial charge in [0.2, 0.25) is 0 Å². The van der Waals surface area contributed by atoms with Gasteiger partial charge in [0.15, 0.2) is 0 Å². The van der Waals surface area contributed by atoms with Crippen LogP contribution in [0, 0.1) is 11.8 Å². The molecule has 0 radical (unpaired) electrons. The summed E-state index contributed by atoms with van der Waals surface area (Å²) in [4.78, 5) is 12.0. The van der Waals surface area contributed by atoms with E-state index < -0.39 is 11.8 Å². The molecule has 0 N–H and O–H groups in total. The number of carbonyl (C=O) groups excluding carboxylic acids is 1. The topological polar surface area (TPSA) is 35.5 Å². The molecular weight excluding hydrogens is 276 g/mol. The molecule has 0 rings (SSSR count). The number of carbonyl (C=O) groups is 1. The molecule has 3 nitrogen and oxygen atoms in total. The third kappa shape index (κ3) is 9.64.